The molecule has 90 valence electrons. The van der Waals surface area contributed by atoms with Crippen LogP contribution in [0, 0.1) is 11.7 Å². The first-order chi connectivity index (χ1) is 8.04. The van der Waals surface area contributed by atoms with Crippen LogP contribution in [0.4, 0.5) is 4.39 Å². The molecule has 0 N–H and O–H groups in total. The Morgan fingerprint density at radius 1 is 1.47 bits per heavy atom. The quantitative estimate of drug-likeness (QED) is 0.725. The van der Waals surface area contributed by atoms with Gasteiger partial charge in [0.15, 0.2) is 5.78 Å². The highest BCUT2D eigenvalue weighted by atomic mass is 35.5. The SMILES string of the molecule is COC(=O)C1CC(=O)c2c(F)ccc(Cl)c2C1. The molecule has 0 radical (unpaired) electrons. The van der Waals surface area contributed by atoms with E-state index in [-0.39, 0.29) is 18.4 Å². The molecule has 3 nitrogen and oxygen atoms in total. The molecule has 1 unspecified atom stereocenters. The van der Waals surface area contributed by atoms with Crippen molar-refractivity contribution >= 4 is 23.4 Å². The van der Waals surface area contributed by atoms with Gasteiger partial charge in [0.1, 0.15) is 5.82 Å². The third-order valence-corrected chi connectivity index (χ3v) is 3.25. The second-order valence-electron chi connectivity index (χ2n) is 3.93. The Morgan fingerprint density at radius 2 is 2.18 bits per heavy atom. The Hall–Kier alpha value is -1.42. The van der Waals surface area contributed by atoms with Crippen LogP contribution in [-0.4, -0.2) is 18.9 Å². The maximum Gasteiger partial charge on any atom is 0.309 e. The van der Waals surface area contributed by atoms with Crippen LogP contribution in [-0.2, 0) is 16.0 Å². The summed E-state index contributed by atoms with van der Waals surface area (Å²) in [7, 11) is 1.26. The number of methoxy groups -OCH3 is 1. The number of carbonyl (C=O) groups is 2. The van der Waals surface area contributed by atoms with E-state index >= 15 is 0 Å². The lowest BCUT2D eigenvalue weighted by Gasteiger charge is -2.22. The minimum Gasteiger partial charge on any atom is -0.469 e. The van der Waals surface area contributed by atoms with Gasteiger partial charge in [0.25, 0.3) is 0 Å². The summed E-state index contributed by atoms with van der Waals surface area (Å²) in [6, 6.07) is 2.56. The van der Waals surface area contributed by atoms with Gasteiger partial charge in [-0.3, -0.25) is 9.59 Å². The zero-order valence-corrected chi connectivity index (χ0v) is 9.88. The van der Waals surface area contributed by atoms with E-state index < -0.39 is 23.5 Å². The Bertz CT molecular complexity index is 499. The minimum absolute atomic E-state index is 0.0117. The highest BCUT2D eigenvalue weighted by Gasteiger charge is 2.33. The van der Waals surface area contributed by atoms with Crippen molar-refractivity contribution in [1.82, 2.24) is 0 Å². The molecule has 1 aliphatic carbocycles. The van der Waals surface area contributed by atoms with E-state index in [0.29, 0.717) is 10.6 Å². The van der Waals surface area contributed by atoms with Gasteiger partial charge < -0.3 is 4.74 Å². The molecule has 1 aliphatic rings. The molecule has 5 heteroatoms. The molecule has 0 saturated heterocycles. The van der Waals surface area contributed by atoms with Gasteiger partial charge in [-0.2, -0.15) is 0 Å². The molecular formula is C12H10ClFO3. The number of esters is 1. The monoisotopic (exact) mass is 256 g/mol. The van der Waals surface area contributed by atoms with Crippen LogP contribution < -0.4 is 0 Å². The molecule has 2 rings (SSSR count). The van der Waals surface area contributed by atoms with Gasteiger partial charge in [0.05, 0.1) is 18.6 Å². The van der Waals surface area contributed by atoms with Gasteiger partial charge >= 0.3 is 5.97 Å². The largest absolute Gasteiger partial charge is 0.469 e. The summed E-state index contributed by atoms with van der Waals surface area (Å²) in [5, 5.41) is 0.309. The van der Waals surface area contributed by atoms with E-state index in [0.717, 1.165) is 6.07 Å². The predicted molar refractivity (Wildman–Crippen MR) is 59.6 cm³/mol. The fourth-order valence-electron chi connectivity index (χ4n) is 2.07. The Balaban J connectivity index is 2.46. The second kappa shape index (κ2) is 4.45. The molecule has 0 fully saturated rings. The highest BCUT2D eigenvalue weighted by Crippen LogP contribution is 2.32. The van der Waals surface area contributed by atoms with Crippen molar-refractivity contribution < 1.29 is 18.7 Å². The van der Waals surface area contributed by atoms with Gasteiger partial charge in [-0.05, 0) is 24.1 Å². The summed E-state index contributed by atoms with van der Waals surface area (Å²) in [5.74, 6) is -2.03. The highest BCUT2D eigenvalue weighted by molar-refractivity contribution is 6.32. The number of halogens is 2. The molecule has 17 heavy (non-hydrogen) atoms. The van der Waals surface area contributed by atoms with Crippen molar-refractivity contribution in [2.75, 3.05) is 7.11 Å². The van der Waals surface area contributed by atoms with Crippen molar-refractivity contribution in [1.29, 1.82) is 0 Å². The van der Waals surface area contributed by atoms with E-state index in [1.54, 1.807) is 0 Å². The molecule has 1 atom stereocenters. The molecule has 0 aromatic heterocycles. The van der Waals surface area contributed by atoms with E-state index in [9.17, 15) is 14.0 Å². The zero-order valence-electron chi connectivity index (χ0n) is 9.13. The first-order valence-electron chi connectivity index (χ1n) is 5.12. The van der Waals surface area contributed by atoms with Gasteiger partial charge in [-0.1, -0.05) is 11.6 Å². The van der Waals surface area contributed by atoms with E-state index in [2.05, 4.69) is 4.74 Å². The summed E-state index contributed by atoms with van der Waals surface area (Å²) in [6.07, 6.45) is 0.210. The molecule has 0 saturated carbocycles. The van der Waals surface area contributed by atoms with Crippen LogP contribution in [0.25, 0.3) is 0 Å². The summed E-state index contributed by atoms with van der Waals surface area (Å²) in [4.78, 5) is 23.2. The van der Waals surface area contributed by atoms with Crippen LogP contribution in [0.5, 0.6) is 0 Å². The number of benzene rings is 1. The van der Waals surface area contributed by atoms with Crippen LogP contribution in [0.1, 0.15) is 22.3 Å². The number of Topliss-reactive ketones (excluding diaryl/α,β-unsaturated/α-hetero) is 1. The van der Waals surface area contributed by atoms with Crippen LogP contribution in [0.3, 0.4) is 0 Å². The molecule has 0 aliphatic heterocycles. The Labute approximate surface area is 103 Å². The first kappa shape index (κ1) is 12.0. The smallest absolute Gasteiger partial charge is 0.309 e. The predicted octanol–water partition coefficient (Wildman–Crippen LogP) is 2.40. The van der Waals surface area contributed by atoms with Crippen molar-refractivity contribution in [3.63, 3.8) is 0 Å². The van der Waals surface area contributed by atoms with Gasteiger partial charge in [0, 0.05) is 11.4 Å². The molecule has 0 heterocycles. The lowest BCUT2D eigenvalue weighted by atomic mass is 9.82. The molecule has 0 bridgehead atoms. The van der Waals surface area contributed by atoms with Crippen molar-refractivity contribution in [2.24, 2.45) is 5.92 Å². The fourth-order valence-corrected chi connectivity index (χ4v) is 2.31. The van der Waals surface area contributed by atoms with Gasteiger partial charge in [-0.15, -0.1) is 0 Å². The molecule has 0 spiro atoms. The summed E-state index contributed by atoms with van der Waals surface area (Å²) < 4.78 is 18.1. The molecule has 1 aromatic rings. The average molecular weight is 257 g/mol. The third-order valence-electron chi connectivity index (χ3n) is 2.90. The number of hydrogen-bond acceptors (Lipinski definition) is 3. The number of ether oxygens (including phenoxy) is 1. The minimum atomic E-state index is -0.585. The summed E-state index contributed by atoms with van der Waals surface area (Å²) >= 11 is 5.92. The van der Waals surface area contributed by atoms with Gasteiger partial charge in [0.2, 0.25) is 0 Å². The topological polar surface area (TPSA) is 43.4 Å². The second-order valence-corrected chi connectivity index (χ2v) is 4.34. The third kappa shape index (κ3) is 2.05. The summed E-state index contributed by atoms with van der Waals surface area (Å²) in [5.41, 5.74) is 0.413. The van der Waals surface area contributed by atoms with Crippen molar-refractivity contribution in [3.8, 4) is 0 Å². The lowest BCUT2D eigenvalue weighted by molar-refractivity contribution is -0.145. The van der Waals surface area contributed by atoms with Crippen LogP contribution in [0.15, 0.2) is 12.1 Å². The fraction of sp³-hybridized carbons (Fsp3) is 0.333. The van der Waals surface area contributed by atoms with Crippen LogP contribution in [0.2, 0.25) is 5.02 Å². The number of fused-ring (bicyclic) bond motifs is 1. The Kier molecular flexibility index (Phi) is 3.15. The first-order valence-corrected chi connectivity index (χ1v) is 5.50. The molecular weight excluding hydrogens is 247 g/mol. The molecule has 0 amide bonds. The normalized spacial score (nSPS) is 18.8. The maximum absolute atomic E-state index is 13.5. The average Bonchev–Trinajstić information content (AvgIpc) is 2.32. The number of carbonyl (C=O) groups excluding carboxylic acids is 2. The zero-order chi connectivity index (χ0) is 12.6. The standard InChI is InChI=1S/C12H10ClFO3/c1-17-12(16)6-4-7-8(13)2-3-9(14)11(7)10(15)5-6/h2-3,6H,4-5H2,1H3. The number of ketones is 1. The van der Waals surface area contributed by atoms with Crippen molar-refractivity contribution in [3.05, 3.63) is 34.1 Å². The van der Waals surface area contributed by atoms with E-state index in [4.69, 9.17) is 11.6 Å². The van der Waals surface area contributed by atoms with E-state index in [1.165, 1.54) is 13.2 Å². The number of rotatable bonds is 1. The number of hydrogen-bond donors (Lipinski definition) is 0. The van der Waals surface area contributed by atoms with E-state index in [1.807, 2.05) is 0 Å². The maximum atomic E-state index is 13.5. The Morgan fingerprint density at radius 3 is 2.82 bits per heavy atom. The van der Waals surface area contributed by atoms with Crippen LogP contribution >= 0.6 is 11.6 Å². The van der Waals surface area contributed by atoms with Gasteiger partial charge in [-0.25, -0.2) is 4.39 Å². The molecule has 1 aromatic carbocycles. The lowest BCUT2D eigenvalue weighted by Crippen LogP contribution is -2.28. The summed E-state index contributed by atoms with van der Waals surface area (Å²) in [6.45, 7) is 0. The van der Waals surface area contributed by atoms with Crippen molar-refractivity contribution in [2.45, 2.75) is 12.8 Å².